The van der Waals surface area contributed by atoms with Gasteiger partial charge in [0, 0.05) is 165 Å². The third-order valence-electron chi connectivity index (χ3n) is 18.5. The molecule has 0 unspecified atom stereocenters. The third kappa shape index (κ3) is 21.2. The van der Waals surface area contributed by atoms with E-state index in [9.17, 15) is 19.2 Å². The zero-order valence-corrected chi connectivity index (χ0v) is 65.5. The quantitative estimate of drug-likeness (QED) is 0.0361. The number of unbranched alkanes of at least 4 members (excludes halogenated alkanes) is 2. The largest absolute Gasteiger partial charge is 0.354 e. The summed E-state index contributed by atoms with van der Waals surface area (Å²) in [7, 11) is 0. The zero-order chi connectivity index (χ0) is 76.5. The number of carbonyl (C=O) groups excluding carboxylic acids is 4. The molecule has 0 aliphatic carbocycles. The normalized spacial score (nSPS) is 10.9. The molecule has 0 atom stereocenters. The van der Waals surface area contributed by atoms with Crippen LogP contribution in [0.1, 0.15) is 80.0 Å². The molecule has 0 bridgehead atoms. The lowest BCUT2D eigenvalue weighted by Crippen LogP contribution is -2.27. The van der Waals surface area contributed by atoms with Crippen LogP contribution in [-0.4, -0.2) is 96.3 Å². The van der Waals surface area contributed by atoms with Gasteiger partial charge >= 0.3 is 0 Å². The lowest BCUT2D eigenvalue weighted by atomic mass is 9.98. The van der Waals surface area contributed by atoms with Gasteiger partial charge in [0.2, 0.25) is 0 Å². The molecule has 8 aromatic carbocycles. The Kier molecular flexibility index (Phi) is 26.9. The van der Waals surface area contributed by atoms with Crippen LogP contribution in [0.15, 0.2) is 319 Å². The summed E-state index contributed by atoms with van der Waals surface area (Å²) < 4.78 is 11.1. The zero-order valence-electron chi connectivity index (χ0n) is 60.7. The second kappa shape index (κ2) is 38.8. The number of ketones is 1. The summed E-state index contributed by atoms with van der Waals surface area (Å²) in [6.07, 6.45) is 25.6. The van der Waals surface area contributed by atoms with Crippen molar-refractivity contribution in [1.29, 1.82) is 0 Å². The third-order valence-corrected chi connectivity index (χ3v) is 20.1. The number of imidazole rings is 3. The number of Topliss-reactive ketones (excluding diaryl/α,β-unsaturated/α-hetero) is 1. The van der Waals surface area contributed by atoms with E-state index in [1.807, 2.05) is 275 Å². The highest BCUT2D eigenvalue weighted by Gasteiger charge is 2.19. The van der Waals surface area contributed by atoms with Crippen LogP contribution in [0.3, 0.4) is 0 Å². The minimum atomic E-state index is -0.105. The van der Waals surface area contributed by atoms with E-state index in [1.165, 1.54) is 0 Å². The number of benzene rings is 8. The molecule has 18 nitrogen and oxygen atoms in total. The molecule has 0 aliphatic heterocycles. The van der Waals surface area contributed by atoms with Gasteiger partial charge < -0.3 is 34.2 Å². The number of hydrogen-bond acceptors (Lipinski definition) is 11. The average molecular weight is 1660 g/mol. The van der Waals surface area contributed by atoms with Crippen molar-refractivity contribution in [2.75, 3.05) is 19.6 Å². The van der Waals surface area contributed by atoms with Crippen molar-refractivity contribution in [2.45, 2.75) is 64.7 Å². The summed E-state index contributed by atoms with van der Waals surface area (Å²) in [6, 6.07) is 76.6. The maximum atomic E-state index is 13.0. The highest BCUT2D eigenvalue weighted by Crippen LogP contribution is 2.31. The summed E-state index contributed by atoms with van der Waals surface area (Å²) in [5, 5.41) is 12.6. The number of hydrogen-bond donors (Lipinski definition) is 3. The van der Waals surface area contributed by atoms with Crippen LogP contribution in [0.25, 0.3) is 88.6 Å². The molecule has 8 aromatic heterocycles. The number of aromatic nitrogens is 11. The number of rotatable bonds is 25. The minimum absolute atomic E-state index is 0.0652. The molecular weight excluding hydrogens is 1580 g/mol. The fourth-order valence-electron chi connectivity index (χ4n) is 12.7. The first-order chi connectivity index (χ1) is 54.4. The first kappa shape index (κ1) is 77.0. The van der Waals surface area contributed by atoms with Crippen LogP contribution < -0.4 is 16.0 Å². The molecule has 8 heterocycles. The van der Waals surface area contributed by atoms with Crippen molar-refractivity contribution in [3.63, 3.8) is 0 Å². The highest BCUT2D eigenvalue weighted by molar-refractivity contribution is 9.11. The van der Waals surface area contributed by atoms with Crippen molar-refractivity contribution in [2.24, 2.45) is 0 Å². The van der Waals surface area contributed by atoms with Crippen LogP contribution in [0.4, 0.5) is 0 Å². The Morgan fingerprint density at radius 3 is 1.03 bits per heavy atom. The molecule has 3 N–H and O–H groups in total. The number of amides is 3. The van der Waals surface area contributed by atoms with E-state index < -0.39 is 0 Å². The molecule has 0 spiro atoms. The molecule has 0 fully saturated rings. The van der Waals surface area contributed by atoms with E-state index in [2.05, 4.69) is 95.7 Å². The first-order valence-corrected chi connectivity index (χ1v) is 39.1. The van der Waals surface area contributed by atoms with Crippen molar-refractivity contribution in [3.8, 4) is 45.0 Å². The molecule has 0 aliphatic rings. The number of nitrogens with zero attached hydrogens (tertiary/aromatic N) is 11. The second-order valence-electron chi connectivity index (χ2n) is 26.2. The lowest BCUT2D eigenvalue weighted by Gasteiger charge is -2.11. The number of para-hydroxylation sites is 4. The standard InChI is InChI=1S/C24H22N2O.C23H21BrN4O.C22H19BrN4O.C21H17BrN4O/c27-24(14-6-7-15-26-16-8-9-17-26)21-18-23(19-10-2-1-3-11-19)25-22-13-5-4-12-20(21)22;24-18-9-7-17(8-10-18)22-15-20(19-5-1-2-6-21(19)27-22)23(29)26-11-3-4-13-28-14-12-25-16-28;23-17-8-6-16(7-9-17)21-14-19(18-4-1-2-5-20(18)26-21)22(28)25-10-3-12-27-13-11-24-15-27;22-16-7-5-15(6-8-16)20-13-18(17-3-1-2-4-19(17)25-20)21(27)24-10-12-26-11-9-23-14-26/h1-5,8-13,16-18H,6-7,14-15H2;1-2,5-10,12,14-16H,3-4,11,13H2,(H,26,29);1-2,4-9,11,13-15H,3,10,12H2,(H,25,28);1-9,11,13-14H,10,12H2,(H,24,27). The van der Waals surface area contributed by atoms with E-state index in [0.717, 1.165) is 159 Å². The van der Waals surface area contributed by atoms with Gasteiger partial charge in [-0.25, -0.2) is 34.9 Å². The predicted octanol–water partition coefficient (Wildman–Crippen LogP) is 19.8. The summed E-state index contributed by atoms with van der Waals surface area (Å²) in [6.45, 7) is 5.11. The summed E-state index contributed by atoms with van der Waals surface area (Å²) >= 11 is 10.4. The Morgan fingerprint density at radius 1 is 0.297 bits per heavy atom. The van der Waals surface area contributed by atoms with Crippen LogP contribution in [0.2, 0.25) is 0 Å². The molecule has 0 saturated heterocycles. The van der Waals surface area contributed by atoms with E-state index in [0.29, 0.717) is 49.3 Å². The van der Waals surface area contributed by atoms with Gasteiger partial charge in [-0.15, -0.1) is 0 Å². The Bertz CT molecular complexity index is 5730. The smallest absolute Gasteiger partial charge is 0.252 e. The molecule has 16 aromatic rings. The van der Waals surface area contributed by atoms with Gasteiger partial charge in [0.1, 0.15) is 0 Å². The van der Waals surface area contributed by atoms with Crippen LogP contribution in [0.5, 0.6) is 0 Å². The van der Waals surface area contributed by atoms with E-state index in [-0.39, 0.29) is 23.5 Å². The van der Waals surface area contributed by atoms with Crippen molar-refractivity contribution in [3.05, 3.63) is 341 Å². The Labute approximate surface area is 668 Å². The van der Waals surface area contributed by atoms with Crippen LogP contribution in [-0.2, 0) is 26.2 Å². The predicted molar refractivity (Wildman–Crippen MR) is 452 cm³/mol. The molecule has 111 heavy (non-hydrogen) atoms. The monoisotopic (exact) mass is 1660 g/mol. The minimum Gasteiger partial charge on any atom is -0.354 e. The van der Waals surface area contributed by atoms with Gasteiger partial charge in [-0.2, -0.15) is 0 Å². The van der Waals surface area contributed by atoms with Gasteiger partial charge in [-0.05, 0) is 129 Å². The molecule has 16 rings (SSSR count). The maximum absolute atomic E-state index is 13.0. The summed E-state index contributed by atoms with van der Waals surface area (Å²) in [4.78, 5) is 82.7. The number of fused-ring (bicyclic) bond motifs is 4. The summed E-state index contributed by atoms with van der Waals surface area (Å²) in [5.41, 5.74) is 13.2. The van der Waals surface area contributed by atoms with Gasteiger partial charge in [0.25, 0.3) is 17.7 Å². The van der Waals surface area contributed by atoms with Crippen molar-refractivity contribution in [1.82, 2.24) is 69.1 Å². The Morgan fingerprint density at radius 2 is 0.622 bits per heavy atom. The Hall–Kier alpha value is -12.2. The molecule has 554 valence electrons. The topological polar surface area (TPSA) is 214 Å². The van der Waals surface area contributed by atoms with Gasteiger partial charge in [0.15, 0.2) is 5.78 Å². The fraction of sp³-hybridized carbons (Fsp3) is 0.144. The van der Waals surface area contributed by atoms with Crippen LogP contribution >= 0.6 is 47.8 Å². The highest BCUT2D eigenvalue weighted by atomic mass is 79.9. The molecule has 0 saturated carbocycles. The fourth-order valence-corrected chi connectivity index (χ4v) is 13.5. The molecule has 21 heteroatoms. The molecule has 3 amide bonds. The van der Waals surface area contributed by atoms with Gasteiger partial charge in [-0.1, -0.05) is 187 Å². The number of pyridine rings is 4. The second-order valence-corrected chi connectivity index (χ2v) is 29.0. The maximum Gasteiger partial charge on any atom is 0.252 e. The van der Waals surface area contributed by atoms with E-state index in [4.69, 9.17) is 19.9 Å². The van der Waals surface area contributed by atoms with E-state index >= 15 is 0 Å². The van der Waals surface area contributed by atoms with Gasteiger partial charge in [-0.3, -0.25) is 19.2 Å². The van der Waals surface area contributed by atoms with Crippen molar-refractivity contribution >= 4 is 115 Å². The summed E-state index contributed by atoms with van der Waals surface area (Å²) in [5.74, 6) is -0.0578. The lowest BCUT2D eigenvalue weighted by molar-refractivity contribution is 0.0946. The number of halogens is 3. The SMILES string of the molecule is O=C(CCCCn1cccc1)c1cc(-c2ccccc2)nc2ccccc12.O=C(NCCCCn1ccnc1)c1cc(-c2ccc(Br)cc2)nc2ccccc12.O=C(NCCCn1ccnc1)c1cc(-c2ccc(Br)cc2)nc2ccccc12.O=C(NCCn1ccnc1)c1cc(-c2ccc(Br)cc2)nc2ccccc12. The van der Waals surface area contributed by atoms with Crippen LogP contribution in [0, 0.1) is 0 Å². The van der Waals surface area contributed by atoms with Crippen molar-refractivity contribution < 1.29 is 19.2 Å². The molecule has 0 radical (unpaired) electrons. The number of nitrogens with one attached hydrogen (secondary N) is 3. The first-order valence-electron chi connectivity index (χ1n) is 36.7. The number of aryl methyl sites for hydroxylation is 3. The van der Waals surface area contributed by atoms with Gasteiger partial charge in [0.05, 0.1) is 80.5 Å². The number of carbonyl (C=O) groups is 4. The average Bonchev–Trinajstić information content (AvgIpc) is 1.81. The van der Waals surface area contributed by atoms with E-state index in [1.54, 1.807) is 31.2 Å². The molecular formula is C90H79Br3N14O4. The Balaban J connectivity index is 0.000000130.